The molecule has 0 radical (unpaired) electrons. The predicted molar refractivity (Wildman–Crippen MR) is 97.6 cm³/mol. The second kappa shape index (κ2) is 8.66. The van der Waals surface area contributed by atoms with Gasteiger partial charge in [-0.3, -0.25) is 0 Å². The molecule has 22 heavy (non-hydrogen) atoms. The monoisotopic (exact) mass is 320 g/mol. The summed E-state index contributed by atoms with van der Waals surface area (Å²) in [4.78, 5) is 0. The number of ether oxygens (including phenoxy) is 1. The number of hydrogen-bond donors (Lipinski definition) is 0. The van der Waals surface area contributed by atoms with Crippen LogP contribution in [0.5, 0.6) is 0 Å². The Hall–Kier alpha value is -0.903. The highest BCUT2D eigenvalue weighted by atomic mass is 28.4. The van der Waals surface area contributed by atoms with Crippen LogP contribution in [0.15, 0.2) is 43.0 Å². The van der Waals surface area contributed by atoms with Crippen molar-refractivity contribution in [2.75, 3.05) is 6.61 Å². The molecule has 1 unspecified atom stereocenters. The van der Waals surface area contributed by atoms with Gasteiger partial charge >= 0.3 is 0 Å². The maximum absolute atomic E-state index is 6.38. The molecule has 1 aromatic carbocycles. The first kappa shape index (κ1) is 19.1. The molecule has 0 aliphatic rings. The summed E-state index contributed by atoms with van der Waals surface area (Å²) in [6.07, 6.45) is 4.06. The molecule has 3 heteroatoms. The smallest absolute Gasteiger partial charge is 0.192 e. The van der Waals surface area contributed by atoms with Gasteiger partial charge in [-0.15, -0.1) is 6.58 Å². The Bertz CT molecular complexity index is 434. The molecule has 0 spiro atoms. The highest BCUT2D eigenvalue weighted by Crippen LogP contribution is 2.37. The van der Waals surface area contributed by atoms with Crippen LogP contribution in [0.4, 0.5) is 0 Å². The van der Waals surface area contributed by atoms with Gasteiger partial charge in [-0.1, -0.05) is 57.2 Å². The molecule has 0 heterocycles. The third kappa shape index (κ3) is 6.47. The van der Waals surface area contributed by atoms with E-state index in [-0.39, 0.29) is 11.1 Å². The van der Waals surface area contributed by atoms with Crippen molar-refractivity contribution in [2.45, 2.75) is 64.5 Å². The van der Waals surface area contributed by atoms with Crippen LogP contribution >= 0.6 is 0 Å². The van der Waals surface area contributed by atoms with E-state index < -0.39 is 8.32 Å². The molecule has 0 aliphatic heterocycles. The SMILES string of the molecule is C=CC(CCCOCc1ccccc1)O[Si](C)(C)C(C)(C)C. The zero-order valence-corrected chi connectivity index (χ0v) is 15.9. The molecule has 124 valence electrons. The molecule has 0 aromatic heterocycles. The highest BCUT2D eigenvalue weighted by molar-refractivity contribution is 6.74. The molecule has 2 nitrogen and oxygen atoms in total. The Morgan fingerprint density at radius 1 is 1.18 bits per heavy atom. The summed E-state index contributed by atoms with van der Waals surface area (Å²) in [5, 5.41) is 0.234. The van der Waals surface area contributed by atoms with Crippen molar-refractivity contribution in [1.29, 1.82) is 0 Å². The van der Waals surface area contributed by atoms with E-state index in [1.54, 1.807) is 0 Å². The Morgan fingerprint density at radius 2 is 1.82 bits per heavy atom. The third-order valence-corrected chi connectivity index (χ3v) is 8.91. The normalized spacial score (nSPS) is 13.9. The van der Waals surface area contributed by atoms with Crippen LogP contribution in [0.1, 0.15) is 39.2 Å². The number of hydrogen-bond acceptors (Lipinski definition) is 2. The van der Waals surface area contributed by atoms with Gasteiger partial charge in [-0.05, 0) is 36.5 Å². The van der Waals surface area contributed by atoms with Crippen molar-refractivity contribution in [3.05, 3.63) is 48.6 Å². The van der Waals surface area contributed by atoms with Crippen LogP contribution in [0.25, 0.3) is 0 Å². The van der Waals surface area contributed by atoms with Crippen LogP contribution in [0.3, 0.4) is 0 Å². The lowest BCUT2D eigenvalue weighted by molar-refractivity contribution is 0.107. The molecule has 0 bridgehead atoms. The minimum Gasteiger partial charge on any atom is -0.411 e. The minimum atomic E-state index is -1.72. The average Bonchev–Trinajstić information content (AvgIpc) is 2.45. The zero-order chi connectivity index (χ0) is 16.6. The van der Waals surface area contributed by atoms with Gasteiger partial charge in [0.15, 0.2) is 8.32 Å². The van der Waals surface area contributed by atoms with Crippen LogP contribution < -0.4 is 0 Å². The van der Waals surface area contributed by atoms with E-state index in [0.29, 0.717) is 6.61 Å². The van der Waals surface area contributed by atoms with Crippen molar-refractivity contribution in [3.63, 3.8) is 0 Å². The molecule has 0 fully saturated rings. The fourth-order valence-electron chi connectivity index (χ4n) is 1.93. The second-order valence-electron chi connectivity index (χ2n) is 7.33. The third-order valence-electron chi connectivity index (χ3n) is 4.40. The van der Waals surface area contributed by atoms with E-state index in [0.717, 1.165) is 19.4 Å². The van der Waals surface area contributed by atoms with E-state index in [2.05, 4.69) is 52.6 Å². The van der Waals surface area contributed by atoms with Crippen LogP contribution in [-0.2, 0) is 15.8 Å². The fourth-order valence-corrected chi connectivity index (χ4v) is 3.26. The van der Waals surface area contributed by atoms with E-state index >= 15 is 0 Å². The lowest BCUT2D eigenvalue weighted by Gasteiger charge is -2.38. The summed E-state index contributed by atoms with van der Waals surface area (Å²) >= 11 is 0. The van der Waals surface area contributed by atoms with Crippen molar-refractivity contribution >= 4 is 8.32 Å². The Labute approximate surface area is 137 Å². The molecule has 1 aromatic rings. The van der Waals surface area contributed by atoms with Crippen LogP contribution in [0.2, 0.25) is 18.1 Å². The van der Waals surface area contributed by atoms with Crippen molar-refractivity contribution in [3.8, 4) is 0 Å². The first-order chi connectivity index (χ1) is 10.3. The lowest BCUT2D eigenvalue weighted by Crippen LogP contribution is -2.43. The number of rotatable bonds is 9. The van der Waals surface area contributed by atoms with Gasteiger partial charge < -0.3 is 9.16 Å². The summed E-state index contributed by atoms with van der Waals surface area (Å²) in [5.74, 6) is 0. The largest absolute Gasteiger partial charge is 0.411 e. The van der Waals surface area contributed by atoms with Crippen LogP contribution in [0, 0.1) is 0 Å². The molecular formula is C19H32O2Si. The van der Waals surface area contributed by atoms with E-state index in [9.17, 15) is 0 Å². The first-order valence-electron chi connectivity index (χ1n) is 8.18. The quantitative estimate of drug-likeness (QED) is 0.337. The van der Waals surface area contributed by atoms with Gasteiger partial charge in [-0.2, -0.15) is 0 Å². The van der Waals surface area contributed by atoms with Crippen LogP contribution in [-0.4, -0.2) is 21.0 Å². The molecule has 0 amide bonds. The van der Waals surface area contributed by atoms with Gasteiger partial charge in [-0.25, -0.2) is 0 Å². The predicted octanol–water partition coefficient (Wildman–Crippen LogP) is 5.56. The Balaban J connectivity index is 2.28. The lowest BCUT2D eigenvalue weighted by atomic mass is 10.2. The standard InChI is InChI=1S/C19H32O2Si/c1-7-18(21-22(5,6)19(2,3)4)14-11-15-20-16-17-12-9-8-10-13-17/h7-10,12-13,18H,1,11,14-16H2,2-6H3. The summed E-state index contributed by atoms with van der Waals surface area (Å²) in [6.45, 7) is 16.8. The van der Waals surface area contributed by atoms with Crippen molar-refractivity contribution in [2.24, 2.45) is 0 Å². The average molecular weight is 321 g/mol. The zero-order valence-electron chi connectivity index (χ0n) is 14.9. The van der Waals surface area contributed by atoms with E-state index in [1.165, 1.54) is 5.56 Å². The molecule has 0 aliphatic carbocycles. The topological polar surface area (TPSA) is 18.5 Å². The second-order valence-corrected chi connectivity index (χ2v) is 12.1. The Morgan fingerprint density at radius 3 is 2.36 bits per heavy atom. The molecule has 0 saturated heterocycles. The molecular weight excluding hydrogens is 288 g/mol. The molecule has 0 saturated carbocycles. The summed E-state index contributed by atoms with van der Waals surface area (Å²) < 4.78 is 12.1. The molecule has 1 atom stereocenters. The van der Waals surface area contributed by atoms with Gasteiger partial charge in [0, 0.05) is 6.61 Å². The Kier molecular flexibility index (Phi) is 7.53. The molecule has 1 rings (SSSR count). The van der Waals surface area contributed by atoms with Crippen molar-refractivity contribution in [1.82, 2.24) is 0 Å². The summed E-state index contributed by atoms with van der Waals surface area (Å²) in [5.41, 5.74) is 1.22. The van der Waals surface area contributed by atoms with Gasteiger partial charge in [0.25, 0.3) is 0 Å². The maximum Gasteiger partial charge on any atom is 0.192 e. The van der Waals surface area contributed by atoms with Crippen molar-refractivity contribution < 1.29 is 9.16 Å². The number of benzene rings is 1. The van der Waals surface area contributed by atoms with E-state index in [4.69, 9.17) is 9.16 Å². The van der Waals surface area contributed by atoms with Gasteiger partial charge in [0.2, 0.25) is 0 Å². The summed E-state index contributed by atoms with van der Waals surface area (Å²) in [7, 11) is -1.72. The van der Waals surface area contributed by atoms with E-state index in [1.807, 2.05) is 24.3 Å². The fraction of sp³-hybridized carbons (Fsp3) is 0.579. The summed E-state index contributed by atoms with van der Waals surface area (Å²) in [6, 6.07) is 10.3. The first-order valence-corrected chi connectivity index (χ1v) is 11.1. The van der Waals surface area contributed by atoms with Gasteiger partial charge in [0.05, 0.1) is 12.7 Å². The van der Waals surface area contributed by atoms with Gasteiger partial charge in [0.1, 0.15) is 0 Å². The maximum atomic E-state index is 6.38. The highest BCUT2D eigenvalue weighted by Gasteiger charge is 2.38. The minimum absolute atomic E-state index is 0.140. The molecule has 0 N–H and O–H groups in total.